The minimum atomic E-state index is -1.09. The molecular formula is C7H12N2O4. The van der Waals surface area contributed by atoms with Crippen molar-refractivity contribution in [2.24, 2.45) is 0 Å². The van der Waals surface area contributed by atoms with Gasteiger partial charge in [-0.2, -0.15) is 0 Å². The molecule has 0 saturated carbocycles. The monoisotopic (exact) mass is 188 g/mol. The normalized spacial score (nSPS) is 12.0. The van der Waals surface area contributed by atoms with Gasteiger partial charge in [0.15, 0.2) is 0 Å². The molecule has 6 heteroatoms. The van der Waals surface area contributed by atoms with Gasteiger partial charge in [0.25, 0.3) is 0 Å². The van der Waals surface area contributed by atoms with Gasteiger partial charge in [-0.05, 0) is 6.42 Å². The van der Waals surface area contributed by atoms with Crippen molar-refractivity contribution in [2.75, 3.05) is 6.54 Å². The van der Waals surface area contributed by atoms with Crippen LogP contribution in [0.1, 0.15) is 12.8 Å². The Morgan fingerprint density at radius 1 is 1.46 bits per heavy atom. The van der Waals surface area contributed by atoms with E-state index in [2.05, 4.69) is 5.32 Å². The van der Waals surface area contributed by atoms with Crippen LogP contribution in [0.2, 0.25) is 0 Å². The Morgan fingerprint density at radius 2 is 2.08 bits per heavy atom. The van der Waals surface area contributed by atoms with Crippen LogP contribution in [0.5, 0.6) is 0 Å². The van der Waals surface area contributed by atoms with Gasteiger partial charge in [0.1, 0.15) is 6.04 Å². The zero-order valence-corrected chi connectivity index (χ0v) is 6.99. The van der Waals surface area contributed by atoms with Crippen molar-refractivity contribution in [3.05, 3.63) is 0 Å². The fourth-order valence-corrected chi connectivity index (χ4v) is 0.782. The van der Waals surface area contributed by atoms with Crippen LogP contribution in [0, 0.1) is 5.41 Å². The molecule has 0 amide bonds. The van der Waals surface area contributed by atoms with Gasteiger partial charge in [0.2, 0.25) is 0 Å². The number of rotatable bonds is 7. The van der Waals surface area contributed by atoms with Crippen molar-refractivity contribution < 1.29 is 19.8 Å². The summed E-state index contributed by atoms with van der Waals surface area (Å²) in [5.41, 5.74) is 0. The SMILES string of the molecule is N=CCNC(CCC(=O)O)C(=O)O. The Kier molecular flexibility index (Phi) is 5.45. The van der Waals surface area contributed by atoms with E-state index in [4.69, 9.17) is 15.6 Å². The van der Waals surface area contributed by atoms with E-state index in [1.54, 1.807) is 0 Å². The van der Waals surface area contributed by atoms with Crippen molar-refractivity contribution in [3.8, 4) is 0 Å². The first kappa shape index (κ1) is 11.6. The standard InChI is InChI=1S/C7H12N2O4/c8-3-4-9-5(7(12)13)1-2-6(10)11/h3,5,8-9H,1-2,4H2,(H,10,11)(H,12,13). The molecule has 4 N–H and O–H groups in total. The van der Waals surface area contributed by atoms with Crippen molar-refractivity contribution in [1.29, 1.82) is 5.41 Å². The summed E-state index contributed by atoms with van der Waals surface area (Å²) in [6.07, 6.45) is 0.858. The van der Waals surface area contributed by atoms with E-state index in [0.717, 1.165) is 6.21 Å². The highest BCUT2D eigenvalue weighted by molar-refractivity contribution is 5.75. The number of carboxylic acids is 2. The Hall–Kier alpha value is -1.43. The predicted molar refractivity (Wildman–Crippen MR) is 45.1 cm³/mol. The molecule has 0 aromatic carbocycles. The largest absolute Gasteiger partial charge is 0.481 e. The van der Waals surface area contributed by atoms with Gasteiger partial charge in [-0.3, -0.25) is 14.9 Å². The molecule has 1 unspecified atom stereocenters. The highest BCUT2D eigenvalue weighted by Gasteiger charge is 2.16. The zero-order valence-electron chi connectivity index (χ0n) is 6.99. The molecule has 13 heavy (non-hydrogen) atoms. The third-order valence-electron chi connectivity index (χ3n) is 1.41. The Bertz CT molecular complexity index is 205. The summed E-state index contributed by atoms with van der Waals surface area (Å²) in [6.45, 7) is 0.136. The molecule has 0 fully saturated rings. The number of hydrogen-bond donors (Lipinski definition) is 4. The molecule has 0 aromatic heterocycles. The first-order valence-electron chi connectivity index (χ1n) is 3.75. The Morgan fingerprint density at radius 3 is 2.46 bits per heavy atom. The summed E-state index contributed by atoms with van der Waals surface area (Å²) in [7, 11) is 0. The van der Waals surface area contributed by atoms with Crippen LogP contribution in [0.25, 0.3) is 0 Å². The molecule has 6 nitrogen and oxygen atoms in total. The molecule has 0 aliphatic heterocycles. The zero-order chi connectivity index (χ0) is 10.3. The highest BCUT2D eigenvalue weighted by atomic mass is 16.4. The average Bonchev–Trinajstić information content (AvgIpc) is 2.03. The van der Waals surface area contributed by atoms with E-state index in [-0.39, 0.29) is 19.4 Å². The van der Waals surface area contributed by atoms with Crippen molar-refractivity contribution in [2.45, 2.75) is 18.9 Å². The number of carbonyl (C=O) groups is 2. The molecule has 0 aliphatic rings. The van der Waals surface area contributed by atoms with Crippen LogP contribution in [0.4, 0.5) is 0 Å². The third kappa shape index (κ3) is 5.80. The minimum absolute atomic E-state index is 0.0263. The van der Waals surface area contributed by atoms with Crippen LogP contribution in [0.15, 0.2) is 0 Å². The van der Waals surface area contributed by atoms with Crippen LogP contribution in [0.3, 0.4) is 0 Å². The maximum Gasteiger partial charge on any atom is 0.320 e. The predicted octanol–water partition coefficient (Wildman–Crippen LogP) is -0.456. The first-order valence-corrected chi connectivity index (χ1v) is 3.75. The lowest BCUT2D eigenvalue weighted by atomic mass is 10.1. The maximum absolute atomic E-state index is 10.5. The van der Waals surface area contributed by atoms with Crippen molar-refractivity contribution in [1.82, 2.24) is 5.32 Å². The smallest absolute Gasteiger partial charge is 0.320 e. The minimum Gasteiger partial charge on any atom is -0.481 e. The van der Waals surface area contributed by atoms with Gasteiger partial charge in [-0.25, -0.2) is 0 Å². The second-order valence-corrected chi connectivity index (χ2v) is 2.44. The van der Waals surface area contributed by atoms with Crippen LogP contribution >= 0.6 is 0 Å². The van der Waals surface area contributed by atoms with E-state index < -0.39 is 18.0 Å². The van der Waals surface area contributed by atoms with Gasteiger partial charge >= 0.3 is 11.9 Å². The maximum atomic E-state index is 10.5. The molecule has 0 aromatic rings. The summed E-state index contributed by atoms with van der Waals surface area (Å²) in [6, 6.07) is -0.891. The molecule has 74 valence electrons. The lowest BCUT2D eigenvalue weighted by Crippen LogP contribution is -2.38. The van der Waals surface area contributed by atoms with Crippen molar-refractivity contribution >= 4 is 18.2 Å². The molecule has 0 aliphatic carbocycles. The lowest BCUT2D eigenvalue weighted by Gasteiger charge is -2.10. The summed E-state index contributed by atoms with van der Waals surface area (Å²) >= 11 is 0. The second kappa shape index (κ2) is 6.13. The molecular weight excluding hydrogens is 176 g/mol. The molecule has 0 saturated heterocycles. The van der Waals surface area contributed by atoms with Gasteiger partial charge < -0.3 is 15.6 Å². The summed E-state index contributed by atoms with van der Waals surface area (Å²) < 4.78 is 0. The number of aliphatic carboxylic acids is 2. The second-order valence-electron chi connectivity index (χ2n) is 2.44. The first-order chi connectivity index (χ1) is 6.07. The number of carboxylic acid groups (broad SMARTS) is 2. The molecule has 0 bridgehead atoms. The molecule has 0 heterocycles. The summed E-state index contributed by atoms with van der Waals surface area (Å²) in [4.78, 5) is 20.6. The van der Waals surface area contributed by atoms with Crippen LogP contribution in [-0.4, -0.2) is 41.0 Å². The lowest BCUT2D eigenvalue weighted by molar-refractivity contribution is -0.140. The molecule has 0 spiro atoms. The third-order valence-corrected chi connectivity index (χ3v) is 1.41. The summed E-state index contributed by atoms with van der Waals surface area (Å²) in [5, 5.41) is 26.1. The van der Waals surface area contributed by atoms with E-state index in [0.29, 0.717) is 0 Å². The number of nitrogens with one attached hydrogen (secondary N) is 2. The van der Waals surface area contributed by atoms with Gasteiger partial charge in [0.05, 0.1) is 0 Å². The van der Waals surface area contributed by atoms with Crippen LogP contribution in [-0.2, 0) is 9.59 Å². The fourth-order valence-electron chi connectivity index (χ4n) is 0.782. The van der Waals surface area contributed by atoms with Crippen molar-refractivity contribution in [3.63, 3.8) is 0 Å². The number of hydrogen-bond acceptors (Lipinski definition) is 4. The quantitative estimate of drug-likeness (QED) is 0.404. The van der Waals surface area contributed by atoms with Gasteiger partial charge in [-0.15, -0.1) is 0 Å². The molecule has 1 atom stereocenters. The van der Waals surface area contributed by atoms with Crippen LogP contribution < -0.4 is 5.32 Å². The average molecular weight is 188 g/mol. The molecule has 0 rings (SSSR count). The van der Waals surface area contributed by atoms with E-state index in [9.17, 15) is 9.59 Å². The highest BCUT2D eigenvalue weighted by Crippen LogP contribution is 1.97. The fraction of sp³-hybridized carbons (Fsp3) is 0.571. The Labute approximate surface area is 75.1 Å². The van der Waals surface area contributed by atoms with E-state index in [1.807, 2.05) is 0 Å². The van der Waals surface area contributed by atoms with Gasteiger partial charge in [0, 0.05) is 19.2 Å². The van der Waals surface area contributed by atoms with Gasteiger partial charge in [-0.1, -0.05) is 0 Å². The summed E-state index contributed by atoms with van der Waals surface area (Å²) in [5.74, 6) is -2.12. The molecule has 0 radical (unpaired) electrons. The topological polar surface area (TPSA) is 110 Å². The van der Waals surface area contributed by atoms with E-state index in [1.165, 1.54) is 0 Å². The van der Waals surface area contributed by atoms with E-state index >= 15 is 0 Å². The Balaban J connectivity index is 3.87.